The van der Waals surface area contributed by atoms with Gasteiger partial charge >= 0.3 is 5.97 Å². The van der Waals surface area contributed by atoms with Crippen molar-refractivity contribution < 1.29 is 14.3 Å². The quantitative estimate of drug-likeness (QED) is 0.750. The average Bonchev–Trinajstić information content (AvgIpc) is 2.43. The number of rotatable bonds is 7. The Bertz CT molecular complexity index is 441. The van der Waals surface area contributed by atoms with E-state index in [0.717, 1.165) is 6.42 Å². The van der Waals surface area contributed by atoms with Crippen molar-refractivity contribution in [1.82, 2.24) is 5.32 Å². The van der Waals surface area contributed by atoms with Gasteiger partial charge in [-0.3, -0.25) is 4.79 Å². The first kappa shape index (κ1) is 16.2. The molecule has 20 heavy (non-hydrogen) atoms. The number of amides is 1. The Morgan fingerprint density at radius 3 is 2.40 bits per heavy atom. The molecule has 0 radical (unpaired) electrons. The predicted molar refractivity (Wildman–Crippen MR) is 78.8 cm³/mol. The predicted octanol–water partition coefficient (Wildman–Crippen LogP) is 2.19. The van der Waals surface area contributed by atoms with Crippen molar-refractivity contribution in [2.45, 2.75) is 33.2 Å². The fourth-order valence-electron chi connectivity index (χ4n) is 1.47. The van der Waals surface area contributed by atoms with E-state index in [-0.39, 0.29) is 24.5 Å². The zero-order valence-corrected chi connectivity index (χ0v) is 12.2. The van der Waals surface area contributed by atoms with Crippen LogP contribution in [-0.2, 0) is 9.53 Å². The molecule has 2 N–H and O–H groups in total. The van der Waals surface area contributed by atoms with Crippen LogP contribution in [0.25, 0.3) is 0 Å². The van der Waals surface area contributed by atoms with Gasteiger partial charge in [0.1, 0.15) is 0 Å². The molecule has 5 nitrogen and oxygen atoms in total. The first-order chi connectivity index (χ1) is 9.52. The normalized spacial score (nSPS) is 10.4. The minimum Gasteiger partial charge on any atom is -0.462 e. The number of nitrogens with one attached hydrogen (secondary N) is 2. The number of esters is 1. The highest BCUT2D eigenvalue weighted by molar-refractivity contribution is 5.94. The topological polar surface area (TPSA) is 67.4 Å². The SMILES string of the molecule is CCCOC(=O)c1ccc(NC(=O)CNC(C)C)cc1. The van der Waals surface area contributed by atoms with E-state index in [1.54, 1.807) is 24.3 Å². The number of anilines is 1. The molecule has 0 fully saturated rings. The van der Waals surface area contributed by atoms with Crippen LogP contribution >= 0.6 is 0 Å². The summed E-state index contributed by atoms with van der Waals surface area (Å²) in [6, 6.07) is 6.93. The lowest BCUT2D eigenvalue weighted by Gasteiger charge is -2.09. The van der Waals surface area contributed by atoms with Gasteiger partial charge in [-0.25, -0.2) is 4.79 Å². The summed E-state index contributed by atoms with van der Waals surface area (Å²) < 4.78 is 5.03. The maximum Gasteiger partial charge on any atom is 0.338 e. The van der Waals surface area contributed by atoms with Crippen molar-refractivity contribution in [2.24, 2.45) is 0 Å². The van der Waals surface area contributed by atoms with Crippen LogP contribution in [0, 0.1) is 0 Å². The van der Waals surface area contributed by atoms with Gasteiger partial charge < -0.3 is 15.4 Å². The van der Waals surface area contributed by atoms with Crippen LogP contribution in [0.15, 0.2) is 24.3 Å². The molecule has 1 amide bonds. The minimum absolute atomic E-state index is 0.111. The Morgan fingerprint density at radius 2 is 1.85 bits per heavy atom. The highest BCUT2D eigenvalue weighted by atomic mass is 16.5. The number of hydrogen-bond acceptors (Lipinski definition) is 4. The van der Waals surface area contributed by atoms with Crippen LogP contribution in [0.3, 0.4) is 0 Å². The van der Waals surface area contributed by atoms with Crippen LogP contribution in [-0.4, -0.2) is 31.1 Å². The van der Waals surface area contributed by atoms with Crippen LogP contribution in [0.5, 0.6) is 0 Å². The number of benzene rings is 1. The van der Waals surface area contributed by atoms with Crippen molar-refractivity contribution in [3.63, 3.8) is 0 Å². The fraction of sp³-hybridized carbons (Fsp3) is 0.467. The third-order valence-corrected chi connectivity index (χ3v) is 2.51. The third kappa shape index (κ3) is 5.84. The van der Waals surface area contributed by atoms with Crippen LogP contribution < -0.4 is 10.6 Å². The second kappa shape index (κ2) is 8.32. The summed E-state index contributed by atoms with van der Waals surface area (Å²) in [5, 5.41) is 5.79. The maximum absolute atomic E-state index is 11.6. The van der Waals surface area contributed by atoms with E-state index in [1.807, 2.05) is 20.8 Å². The smallest absolute Gasteiger partial charge is 0.338 e. The zero-order valence-electron chi connectivity index (χ0n) is 12.2. The maximum atomic E-state index is 11.6. The van der Waals surface area contributed by atoms with Crippen molar-refractivity contribution in [2.75, 3.05) is 18.5 Å². The molecule has 1 aromatic rings. The second-order valence-corrected chi connectivity index (χ2v) is 4.80. The standard InChI is InChI=1S/C15H22N2O3/c1-4-9-20-15(19)12-5-7-13(8-6-12)17-14(18)10-16-11(2)3/h5-8,11,16H,4,9-10H2,1-3H3,(H,17,18). The molecule has 0 saturated carbocycles. The summed E-state index contributed by atoms with van der Waals surface area (Å²) in [6.45, 7) is 6.57. The van der Waals surface area contributed by atoms with E-state index in [0.29, 0.717) is 17.9 Å². The largest absolute Gasteiger partial charge is 0.462 e. The first-order valence-corrected chi connectivity index (χ1v) is 6.83. The monoisotopic (exact) mass is 278 g/mol. The molecule has 110 valence electrons. The van der Waals surface area contributed by atoms with Gasteiger partial charge in [0.25, 0.3) is 0 Å². The number of ether oxygens (including phenoxy) is 1. The summed E-state index contributed by atoms with van der Waals surface area (Å²) in [6.07, 6.45) is 0.794. The molecule has 0 aromatic heterocycles. The van der Waals surface area contributed by atoms with Gasteiger partial charge in [0.05, 0.1) is 18.7 Å². The molecule has 0 aliphatic rings. The third-order valence-electron chi connectivity index (χ3n) is 2.51. The molecule has 0 spiro atoms. The van der Waals surface area contributed by atoms with Crippen LogP contribution in [0.2, 0.25) is 0 Å². The number of carbonyl (C=O) groups excluding carboxylic acids is 2. The highest BCUT2D eigenvalue weighted by Crippen LogP contribution is 2.10. The Morgan fingerprint density at radius 1 is 1.20 bits per heavy atom. The van der Waals surface area contributed by atoms with Crippen molar-refractivity contribution in [3.8, 4) is 0 Å². The lowest BCUT2D eigenvalue weighted by molar-refractivity contribution is -0.115. The summed E-state index contributed by atoms with van der Waals surface area (Å²) in [7, 11) is 0. The Kier molecular flexibility index (Phi) is 6.73. The summed E-state index contributed by atoms with van der Waals surface area (Å²) in [5.74, 6) is -0.453. The highest BCUT2D eigenvalue weighted by Gasteiger charge is 2.07. The van der Waals surface area contributed by atoms with Crippen molar-refractivity contribution in [1.29, 1.82) is 0 Å². The van der Waals surface area contributed by atoms with Gasteiger partial charge in [-0.15, -0.1) is 0 Å². The van der Waals surface area contributed by atoms with E-state index >= 15 is 0 Å². The lowest BCUT2D eigenvalue weighted by Crippen LogP contribution is -2.32. The number of carbonyl (C=O) groups is 2. The Labute approximate surface area is 119 Å². The van der Waals surface area contributed by atoms with E-state index in [1.165, 1.54) is 0 Å². The molecular formula is C15H22N2O3. The summed E-state index contributed by atoms with van der Waals surface area (Å²) in [5.41, 5.74) is 1.14. The molecular weight excluding hydrogens is 256 g/mol. The van der Waals surface area contributed by atoms with Gasteiger partial charge in [-0.1, -0.05) is 20.8 Å². The van der Waals surface area contributed by atoms with Crippen LogP contribution in [0.1, 0.15) is 37.6 Å². The molecule has 1 aromatic carbocycles. The Hall–Kier alpha value is -1.88. The number of hydrogen-bond donors (Lipinski definition) is 2. The van der Waals surface area contributed by atoms with Gasteiger partial charge in [-0.05, 0) is 30.7 Å². The van der Waals surface area contributed by atoms with Crippen LogP contribution in [0.4, 0.5) is 5.69 Å². The molecule has 0 bridgehead atoms. The zero-order chi connectivity index (χ0) is 15.0. The molecule has 0 aliphatic carbocycles. The first-order valence-electron chi connectivity index (χ1n) is 6.83. The Balaban J connectivity index is 2.50. The van der Waals surface area contributed by atoms with Gasteiger partial charge in [0, 0.05) is 11.7 Å². The van der Waals surface area contributed by atoms with Crippen molar-refractivity contribution in [3.05, 3.63) is 29.8 Å². The fourth-order valence-corrected chi connectivity index (χ4v) is 1.47. The van der Waals surface area contributed by atoms with Gasteiger partial charge in [0.15, 0.2) is 0 Å². The van der Waals surface area contributed by atoms with Crippen molar-refractivity contribution >= 4 is 17.6 Å². The van der Waals surface area contributed by atoms with E-state index in [4.69, 9.17) is 4.74 Å². The molecule has 0 atom stereocenters. The van der Waals surface area contributed by atoms with E-state index in [9.17, 15) is 9.59 Å². The van der Waals surface area contributed by atoms with E-state index < -0.39 is 0 Å². The second-order valence-electron chi connectivity index (χ2n) is 4.80. The lowest BCUT2D eigenvalue weighted by atomic mass is 10.2. The molecule has 5 heteroatoms. The molecule has 0 saturated heterocycles. The van der Waals surface area contributed by atoms with Gasteiger partial charge in [0.2, 0.25) is 5.91 Å². The minimum atomic E-state index is -0.341. The molecule has 0 heterocycles. The molecule has 0 aliphatic heterocycles. The summed E-state index contributed by atoms with van der Waals surface area (Å²) in [4.78, 5) is 23.2. The van der Waals surface area contributed by atoms with Gasteiger partial charge in [-0.2, -0.15) is 0 Å². The summed E-state index contributed by atoms with van der Waals surface area (Å²) >= 11 is 0. The molecule has 1 rings (SSSR count). The van der Waals surface area contributed by atoms with E-state index in [2.05, 4.69) is 10.6 Å². The molecule has 0 unspecified atom stereocenters. The average molecular weight is 278 g/mol.